The molecule has 0 aromatic carbocycles. The first kappa shape index (κ1) is 8.96. The Morgan fingerprint density at radius 2 is 2.50 bits per heavy atom. The van der Waals surface area contributed by atoms with Crippen LogP contribution < -0.4 is 0 Å². The Labute approximate surface area is 72.1 Å². The minimum Gasteiger partial charge on any atom is -0.211 e. The van der Waals surface area contributed by atoms with Crippen molar-refractivity contribution in [1.82, 2.24) is 0 Å². The van der Waals surface area contributed by atoms with E-state index < -0.39 is 5.54 Å². The molecule has 1 rings (SSSR count). The van der Waals surface area contributed by atoms with Crippen LogP contribution in [-0.4, -0.2) is 11.6 Å². The van der Waals surface area contributed by atoms with E-state index in [2.05, 4.69) is 18.0 Å². The van der Waals surface area contributed by atoms with Gasteiger partial charge in [0.1, 0.15) is 0 Å². The topological polar surface area (TPSA) is 53.2 Å². The first-order chi connectivity index (χ1) is 5.76. The van der Waals surface area contributed by atoms with Crippen LogP contribution in [0.3, 0.4) is 0 Å². The lowest BCUT2D eigenvalue weighted by Gasteiger charge is -2.11. The summed E-state index contributed by atoms with van der Waals surface area (Å²) < 4.78 is 0. The van der Waals surface area contributed by atoms with Gasteiger partial charge in [-0.2, -0.15) is 10.3 Å². The van der Waals surface area contributed by atoms with Crippen molar-refractivity contribution in [3.05, 3.63) is 0 Å². The number of hydrogen-bond acceptors (Lipinski definition) is 3. The van der Waals surface area contributed by atoms with Crippen molar-refractivity contribution in [3.8, 4) is 6.07 Å². The maximum Gasteiger partial charge on any atom is 0.236 e. The average molecular weight is 164 g/mol. The van der Waals surface area contributed by atoms with Crippen LogP contribution >= 0.6 is 0 Å². The van der Waals surface area contributed by atoms with Gasteiger partial charge in [-0.3, -0.25) is 0 Å². The molecule has 0 heterocycles. The Kier molecular flexibility index (Phi) is 2.62. The van der Waals surface area contributed by atoms with E-state index in [9.17, 15) is 4.79 Å². The standard InChI is InChI=1S/C9H12N2O/c1-2-8-3-4-9(5-8,6-10)11-7-12/h8H,2-5H2,1H3. The molecular weight excluding hydrogens is 152 g/mol. The molecule has 12 heavy (non-hydrogen) atoms. The van der Waals surface area contributed by atoms with Crippen LogP contribution in [0.2, 0.25) is 0 Å². The van der Waals surface area contributed by atoms with Crippen molar-refractivity contribution in [3.63, 3.8) is 0 Å². The summed E-state index contributed by atoms with van der Waals surface area (Å²) in [4.78, 5) is 13.7. The molecule has 1 saturated carbocycles. The summed E-state index contributed by atoms with van der Waals surface area (Å²) in [5.74, 6) is 0.557. The van der Waals surface area contributed by atoms with Gasteiger partial charge in [-0.25, -0.2) is 4.79 Å². The molecular formula is C9H12N2O. The zero-order valence-electron chi connectivity index (χ0n) is 7.21. The summed E-state index contributed by atoms with van der Waals surface area (Å²) in [6, 6.07) is 2.11. The Morgan fingerprint density at radius 3 is 2.92 bits per heavy atom. The van der Waals surface area contributed by atoms with Gasteiger partial charge >= 0.3 is 0 Å². The molecule has 0 aromatic heterocycles. The molecule has 0 spiro atoms. The van der Waals surface area contributed by atoms with E-state index in [1.54, 1.807) is 0 Å². The fourth-order valence-electron chi connectivity index (χ4n) is 1.79. The van der Waals surface area contributed by atoms with Crippen LogP contribution in [-0.2, 0) is 4.79 Å². The third-order valence-electron chi connectivity index (χ3n) is 2.64. The third kappa shape index (κ3) is 1.54. The van der Waals surface area contributed by atoms with Gasteiger partial charge in [0.05, 0.1) is 6.07 Å². The van der Waals surface area contributed by atoms with Crippen LogP contribution in [0, 0.1) is 17.2 Å². The first-order valence-electron chi connectivity index (χ1n) is 4.26. The van der Waals surface area contributed by atoms with E-state index in [0.29, 0.717) is 5.92 Å². The van der Waals surface area contributed by atoms with Crippen LogP contribution in [0.5, 0.6) is 0 Å². The van der Waals surface area contributed by atoms with E-state index in [4.69, 9.17) is 5.26 Å². The molecule has 0 aliphatic heterocycles. The lowest BCUT2D eigenvalue weighted by Crippen LogP contribution is -2.19. The monoisotopic (exact) mass is 164 g/mol. The molecule has 1 aliphatic carbocycles. The number of nitrogens with zero attached hydrogens (tertiary/aromatic N) is 2. The van der Waals surface area contributed by atoms with Gasteiger partial charge in [-0.15, -0.1) is 0 Å². The quantitative estimate of drug-likeness (QED) is 0.461. The van der Waals surface area contributed by atoms with Gasteiger partial charge in [0, 0.05) is 0 Å². The van der Waals surface area contributed by atoms with Gasteiger partial charge in [0.15, 0.2) is 5.54 Å². The van der Waals surface area contributed by atoms with Gasteiger partial charge in [-0.05, 0) is 25.2 Å². The second-order valence-corrected chi connectivity index (χ2v) is 3.36. The fraction of sp³-hybridized carbons (Fsp3) is 0.778. The number of nitriles is 1. The van der Waals surface area contributed by atoms with Crippen molar-refractivity contribution >= 4 is 6.08 Å². The van der Waals surface area contributed by atoms with E-state index in [0.717, 1.165) is 25.7 Å². The zero-order valence-corrected chi connectivity index (χ0v) is 7.21. The number of carbonyl (C=O) groups excluding carboxylic acids is 1. The highest BCUT2D eigenvalue weighted by atomic mass is 16.1. The van der Waals surface area contributed by atoms with E-state index in [1.807, 2.05) is 0 Å². The van der Waals surface area contributed by atoms with E-state index in [1.165, 1.54) is 6.08 Å². The van der Waals surface area contributed by atoms with Crippen molar-refractivity contribution < 1.29 is 4.79 Å². The van der Waals surface area contributed by atoms with Gasteiger partial charge in [0.2, 0.25) is 6.08 Å². The third-order valence-corrected chi connectivity index (χ3v) is 2.64. The number of aliphatic imine (C=N–C) groups is 1. The second kappa shape index (κ2) is 3.51. The van der Waals surface area contributed by atoms with Crippen LogP contribution in [0.1, 0.15) is 32.6 Å². The zero-order chi connectivity index (χ0) is 9.03. The molecule has 0 bridgehead atoms. The molecule has 0 amide bonds. The molecule has 2 unspecified atom stereocenters. The normalized spacial score (nSPS) is 33.8. The number of rotatable bonds is 2. The van der Waals surface area contributed by atoms with Gasteiger partial charge in [0.25, 0.3) is 0 Å². The summed E-state index contributed by atoms with van der Waals surface area (Å²) in [5.41, 5.74) is -0.734. The molecule has 3 nitrogen and oxygen atoms in total. The highest BCUT2D eigenvalue weighted by molar-refractivity contribution is 5.37. The molecule has 0 aromatic rings. The smallest absolute Gasteiger partial charge is 0.211 e. The Hall–Kier alpha value is -1.13. The molecule has 64 valence electrons. The van der Waals surface area contributed by atoms with Crippen LogP contribution in [0.15, 0.2) is 4.99 Å². The number of isocyanates is 1. The molecule has 3 heteroatoms. The lowest BCUT2D eigenvalue weighted by atomic mass is 9.98. The van der Waals surface area contributed by atoms with Crippen LogP contribution in [0.25, 0.3) is 0 Å². The molecule has 1 fully saturated rings. The highest BCUT2D eigenvalue weighted by Crippen LogP contribution is 2.38. The Morgan fingerprint density at radius 1 is 1.75 bits per heavy atom. The SMILES string of the molecule is CCC1CCC(C#N)(N=C=O)C1. The van der Waals surface area contributed by atoms with Crippen molar-refractivity contribution in [1.29, 1.82) is 5.26 Å². The Balaban J connectivity index is 2.74. The minimum atomic E-state index is -0.734. The summed E-state index contributed by atoms with van der Waals surface area (Å²) in [7, 11) is 0. The summed E-state index contributed by atoms with van der Waals surface area (Å²) in [6.45, 7) is 2.10. The summed E-state index contributed by atoms with van der Waals surface area (Å²) in [6.07, 6.45) is 5.03. The second-order valence-electron chi connectivity index (χ2n) is 3.36. The number of hydrogen-bond donors (Lipinski definition) is 0. The van der Waals surface area contributed by atoms with Crippen molar-refractivity contribution in [2.45, 2.75) is 38.1 Å². The maximum absolute atomic E-state index is 10.1. The van der Waals surface area contributed by atoms with Gasteiger partial charge in [-0.1, -0.05) is 13.3 Å². The Bertz CT molecular complexity index is 250. The lowest BCUT2D eigenvalue weighted by molar-refractivity contribution is 0.482. The molecule has 0 N–H and O–H groups in total. The maximum atomic E-state index is 10.1. The molecule has 0 radical (unpaired) electrons. The fourth-order valence-corrected chi connectivity index (χ4v) is 1.79. The minimum absolute atomic E-state index is 0.557. The molecule has 0 saturated heterocycles. The molecule has 2 atom stereocenters. The summed E-state index contributed by atoms with van der Waals surface area (Å²) >= 11 is 0. The average Bonchev–Trinajstić information content (AvgIpc) is 2.50. The van der Waals surface area contributed by atoms with E-state index >= 15 is 0 Å². The van der Waals surface area contributed by atoms with Crippen molar-refractivity contribution in [2.24, 2.45) is 10.9 Å². The van der Waals surface area contributed by atoms with E-state index in [-0.39, 0.29) is 0 Å². The van der Waals surface area contributed by atoms with Crippen molar-refractivity contribution in [2.75, 3.05) is 0 Å². The summed E-state index contributed by atoms with van der Waals surface area (Å²) in [5, 5.41) is 8.84. The first-order valence-corrected chi connectivity index (χ1v) is 4.26. The largest absolute Gasteiger partial charge is 0.236 e. The highest BCUT2D eigenvalue weighted by Gasteiger charge is 2.38. The predicted octanol–water partition coefficient (Wildman–Crippen LogP) is 1.79. The van der Waals surface area contributed by atoms with Gasteiger partial charge < -0.3 is 0 Å². The van der Waals surface area contributed by atoms with Crippen LogP contribution in [0.4, 0.5) is 0 Å². The predicted molar refractivity (Wildman–Crippen MR) is 44.1 cm³/mol. The molecule has 1 aliphatic rings.